The number of aromatic nitrogens is 2. The van der Waals surface area contributed by atoms with E-state index in [0.29, 0.717) is 29.7 Å². The van der Waals surface area contributed by atoms with Crippen molar-refractivity contribution in [3.63, 3.8) is 0 Å². The van der Waals surface area contributed by atoms with Crippen LogP contribution in [0.4, 0.5) is 5.69 Å². The first-order chi connectivity index (χ1) is 14.6. The highest BCUT2D eigenvalue weighted by Crippen LogP contribution is 2.20. The van der Waals surface area contributed by atoms with Crippen LogP contribution in [0.15, 0.2) is 54.9 Å². The number of ether oxygens (including phenoxy) is 2. The van der Waals surface area contributed by atoms with Gasteiger partial charge in [0.1, 0.15) is 5.75 Å². The standard InChI is InChI=1S/C22H22N4O4/c1-29-18-5-3-17(4-6-18)25-10-12-26(13-11-25)21(27)15-30-22(28)16-2-7-19-20(14-16)24-9-8-23-19/h2-9,14H,10-13,15H2,1H3. The van der Waals surface area contributed by atoms with Crippen LogP contribution in [-0.4, -0.2) is 66.6 Å². The number of anilines is 1. The molecule has 0 N–H and O–H groups in total. The van der Waals surface area contributed by atoms with E-state index in [1.807, 2.05) is 24.3 Å². The van der Waals surface area contributed by atoms with Crippen molar-refractivity contribution in [2.75, 3.05) is 44.8 Å². The van der Waals surface area contributed by atoms with E-state index in [9.17, 15) is 9.59 Å². The van der Waals surface area contributed by atoms with Crippen molar-refractivity contribution >= 4 is 28.6 Å². The van der Waals surface area contributed by atoms with E-state index >= 15 is 0 Å². The first-order valence-corrected chi connectivity index (χ1v) is 9.69. The summed E-state index contributed by atoms with van der Waals surface area (Å²) >= 11 is 0. The molecule has 0 bridgehead atoms. The van der Waals surface area contributed by atoms with Crippen LogP contribution >= 0.6 is 0 Å². The van der Waals surface area contributed by atoms with Gasteiger partial charge in [-0.15, -0.1) is 0 Å². The second-order valence-electron chi connectivity index (χ2n) is 6.90. The predicted molar refractivity (Wildman–Crippen MR) is 112 cm³/mol. The van der Waals surface area contributed by atoms with E-state index in [-0.39, 0.29) is 12.5 Å². The monoisotopic (exact) mass is 406 g/mol. The summed E-state index contributed by atoms with van der Waals surface area (Å²) in [6.45, 7) is 2.31. The van der Waals surface area contributed by atoms with E-state index in [1.54, 1.807) is 42.6 Å². The van der Waals surface area contributed by atoms with Gasteiger partial charge in [-0.25, -0.2) is 4.79 Å². The van der Waals surface area contributed by atoms with Gasteiger partial charge in [0.15, 0.2) is 6.61 Å². The lowest BCUT2D eigenvalue weighted by Gasteiger charge is -2.36. The number of rotatable bonds is 5. The first kappa shape index (κ1) is 19.6. The van der Waals surface area contributed by atoms with Gasteiger partial charge in [-0.2, -0.15) is 0 Å². The minimum atomic E-state index is -0.548. The van der Waals surface area contributed by atoms with Gasteiger partial charge in [-0.05, 0) is 42.5 Å². The summed E-state index contributed by atoms with van der Waals surface area (Å²) in [5.74, 6) is 0.0684. The molecule has 0 atom stereocenters. The molecule has 0 saturated carbocycles. The van der Waals surface area contributed by atoms with E-state index in [4.69, 9.17) is 9.47 Å². The maximum Gasteiger partial charge on any atom is 0.338 e. The number of carbonyl (C=O) groups excluding carboxylic acids is 2. The molecule has 1 aromatic heterocycles. The quantitative estimate of drug-likeness (QED) is 0.600. The Hall–Kier alpha value is -3.68. The van der Waals surface area contributed by atoms with Gasteiger partial charge in [0, 0.05) is 44.3 Å². The van der Waals surface area contributed by atoms with Crippen molar-refractivity contribution in [1.82, 2.24) is 14.9 Å². The second-order valence-corrected chi connectivity index (χ2v) is 6.90. The SMILES string of the molecule is COc1ccc(N2CCN(C(=O)COC(=O)c3ccc4nccnc4c3)CC2)cc1. The van der Waals surface area contributed by atoms with Crippen molar-refractivity contribution in [1.29, 1.82) is 0 Å². The van der Waals surface area contributed by atoms with Crippen LogP contribution in [-0.2, 0) is 9.53 Å². The molecule has 1 aliphatic rings. The number of carbonyl (C=O) groups is 2. The topological polar surface area (TPSA) is 84.9 Å². The Morgan fingerprint density at radius 2 is 1.63 bits per heavy atom. The molecule has 2 heterocycles. The van der Waals surface area contributed by atoms with Crippen LogP contribution in [0.2, 0.25) is 0 Å². The van der Waals surface area contributed by atoms with E-state index in [0.717, 1.165) is 24.5 Å². The Bertz CT molecular complexity index is 1050. The molecule has 0 spiro atoms. The molecule has 1 saturated heterocycles. The number of amides is 1. The van der Waals surface area contributed by atoms with Crippen LogP contribution in [0.5, 0.6) is 5.75 Å². The molecule has 8 heteroatoms. The third kappa shape index (κ3) is 4.32. The van der Waals surface area contributed by atoms with Gasteiger partial charge in [0.05, 0.1) is 23.7 Å². The number of methoxy groups -OCH3 is 1. The molecule has 4 rings (SSSR count). The van der Waals surface area contributed by atoms with Crippen LogP contribution in [0.1, 0.15) is 10.4 Å². The van der Waals surface area contributed by atoms with Gasteiger partial charge < -0.3 is 19.3 Å². The molecule has 0 radical (unpaired) electrons. The molecular weight excluding hydrogens is 384 g/mol. The summed E-state index contributed by atoms with van der Waals surface area (Å²) in [5.41, 5.74) is 2.74. The Labute approximate surface area is 174 Å². The number of hydrogen-bond acceptors (Lipinski definition) is 7. The zero-order valence-corrected chi connectivity index (χ0v) is 16.7. The molecule has 8 nitrogen and oxygen atoms in total. The Balaban J connectivity index is 1.28. The van der Waals surface area contributed by atoms with E-state index < -0.39 is 5.97 Å². The highest BCUT2D eigenvalue weighted by atomic mass is 16.5. The highest BCUT2D eigenvalue weighted by Gasteiger charge is 2.22. The van der Waals surface area contributed by atoms with Crippen LogP contribution in [0.3, 0.4) is 0 Å². The van der Waals surface area contributed by atoms with Crippen molar-refractivity contribution < 1.29 is 19.1 Å². The largest absolute Gasteiger partial charge is 0.497 e. The average molecular weight is 406 g/mol. The molecule has 0 unspecified atom stereocenters. The molecule has 0 aliphatic carbocycles. The van der Waals surface area contributed by atoms with E-state index in [2.05, 4.69) is 14.9 Å². The van der Waals surface area contributed by atoms with Crippen LogP contribution in [0.25, 0.3) is 11.0 Å². The third-order valence-corrected chi connectivity index (χ3v) is 5.10. The third-order valence-electron chi connectivity index (χ3n) is 5.10. The lowest BCUT2D eigenvalue weighted by atomic mass is 10.2. The second kappa shape index (κ2) is 8.77. The Morgan fingerprint density at radius 3 is 2.33 bits per heavy atom. The lowest BCUT2D eigenvalue weighted by molar-refractivity contribution is -0.134. The maximum absolute atomic E-state index is 12.5. The lowest BCUT2D eigenvalue weighted by Crippen LogP contribution is -2.49. The number of fused-ring (bicyclic) bond motifs is 1. The smallest absolute Gasteiger partial charge is 0.338 e. The summed E-state index contributed by atoms with van der Waals surface area (Å²) in [5, 5.41) is 0. The molecule has 154 valence electrons. The number of nitrogens with zero attached hydrogens (tertiary/aromatic N) is 4. The fourth-order valence-corrected chi connectivity index (χ4v) is 3.40. The van der Waals surface area contributed by atoms with Crippen molar-refractivity contribution in [2.45, 2.75) is 0 Å². The predicted octanol–water partition coefficient (Wildman–Crippen LogP) is 2.14. The minimum Gasteiger partial charge on any atom is -0.497 e. The van der Waals surface area contributed by atoms with Crippen LogP contribution < -0.4 is 9.64 Å². The van der Waals surface area contributed by atoms with Gasteiger partial charge >= 0.3 is 5.97 Å². The van der Waals surface area contributed by atoms with Gasteiger partial charge in [-0.1, -0.05) is 0 Å². The fraction of sp³-hybridized carbons (Fsp3) is 0.273. The van der Waals surface area contributed by atoms with E-state index in [1.165, 1.54) is 0 Å². The number of piperazine rings is 1. The summed E-state index contributed by atoms with van der Waals surface area (Å²) in [6, 6.07) is 12.8. The summed E-state index contributed by atoms with van der Waals surface area (Å²) in [7, 11) is 1.64. The van der Waals surface area contributed by atoms with Crippen molar-refractivity contribution in [3.8, 4) is 5.75 Å². The molecule has 1 amide bonds. The van der Waals surface area contributed by atoms with Crippen molar-refractivity contribution in [3.05, 3.63) is 60.4 Å². The zero-order valence-electron chi connectivity index (χ0n) is 16.7. The fourth-order valence-electron chi connectivity index (χ4n) is 3.40. The maximum atomic E-state index is 12.5. The van der Waals surface area contributed by atoms with Crippen molar-refractivity contribution in [2.24, 2.45) is 0 Å². The number of benzene rings is 2. The van der Waals surface area contributed by atoms with Gasteiger partial charge in [0.25, 0.3) is 5.91 Å². The number of esters is 1. The molecular formula is C22H22N4O4. The normalized spacial score (nSPS) is 13.9. The number of hydrogen-bond donors (Lipinski definition) is 0. The Kier molecular flexibility index (Phi) is 5.74. The molecule has 1 fully saturated rings. The highest BCUT2D eigenvalue weighted by molar-refractivity contribution is 5.94. The summed E-state index contributed by atoms with van der Waals surface area (Å²) < 4.78 is 10.4. The van der Waals surface area contributed by atoms with Gasteiger partial charge in [-0.3, -0.25) is 14.8 Å². The summed E-state index contributed by atoms with van der Waals surface area (Å²) in [4.78, 5) is 37.1. The average Bonchev–Trinajstić information content (AvgIpc) is 2.82. The first-order valence-electron chi connectivity index (χ1n) is 9.69. The molecule has 3 aromatic rings. The molecule has 1 aliphatic heterocycles. The minimum absolute atomic E-state index is 0.196. The summed E-state index contributed by atoms with van der Waals surface area (Å²) in [6.07, 6.45) is 3.15. The Morgan fingerprint density at radius 1 is 0.933 bits per heavy atom. The molecule has 2 aromatic carbocycles. The zero-order chi connectivity index (χ0) is 20.9. The molecule has 30 heavy (non-hydrogen) atoms. The van der Waals surface area contributed by atoms with Gasteiger partial charge in [0.2, 0.25) is 0 Å². The van der Waals surface area contributed by atoms with Crippen LogP contribution in [0, 0.1) is 0 Å².